The van der Waals surface area contributed by atoms with Crippen molar-refractivity contribution in [3.63, 3.8) is 0 Å². The Kier molecular flexibility index (Phi) is 10.5. The van der Waals surface area contributed by atoms with E-state index in [0.29, 0.717) is 4.48 Å². The molecule has 0 saturated heterocycles. The van der Waals surface area contributed by atoms with Crippen molar-refractivity contribution < 1.29 is 9.90 Å². The van der Waals surface area contributed by atoms with E-state index in [9.17, 15) is 9.90 Å². The fourth-order valence-corrected chi connectivity index (χ4v) is 3.30. The fraction of sp³-hybridized carbons (Fsp3) is 0.682. The molecule has 3 heteroatoms. The first-order valence-electron chi connectivity index (χ1n) is 10.1. The van der Waals surface area contributed by atoms with Gasteiger partial charge in [0.2, 0.25) is 0 Å². The van der Waals surface area contributed by atoms with Gasteiger partial charge in [0, 0.05) is 0 Å². The Hall–Kier alpha value is -1.35. The highest BCUT2D eigenvalue weighted by Gasteiger charge is 2.18. The van der Waals surface area contributed by atoms with Crippen LogP contribution in [-0.4, -0.2) is 26.6 Å². The van der Waals surface area contributed by atoms with Crippen LogP contribution in [0.3, 0.4) is 0 Å². The maximum atomic E-state index is 10.8. The Labute approximate surface area is 154 Å². The van der Waals surface area contributed by atoms with Crippen molar-refractivity contribution in [2.75, 3.05) is 20.6 Å². The lowest BCUT2D eigenvalue weighted by atomic mass is 10.0. The molecule has 3 nitrogen and oxygen atoms in total. The van der Waals surface area contributed by atoms with Crippen LogP contribution < -0.4 is 9.59 Å². The molecule has 0 atom stereocenters. The number of hydrogen-bond donors (Lipinski definition) is 0. The van der Waals surface area contributed by atoms with E-state index in [0.717, 1.165) is 12.1 Å². The molecule has 1 aromatic carbocycles. The van der Waals surface area contributed by atoms with Crippen LogP contribution >= 0.6 is 0 Å². The number of benzene rings is 1. The molecule has 25 heavy (non-hydrogen) atoms. The quantitative estimate of drug-likeness (QED) is 0.368. The van der Waals surface area contributed by atoms with Gasteiger partial charge in [-0.05, 0) is 30.5 Å². The molecule has 0 aromatic heterocycles. The smallest absolute Gasteiger partial charge is 0.132 e. The summed E-state index contributed by atoms with van der Waals surface area (Å²) in [6, 6.07) is 8.37. The number of nitrogens with zero attached hydrogens (tertiary/aromatic N) is 1. The summed E-state index contributed by atoms with van der Waals surface area (Å²) in [4.78, 5) is 10.8. The summed E-state index contributed by atoms with van der Waals surface area (Å²) < 4.78 is 0.320. The number of hydrogen-bond acceptors (Lipinski definition) is 2. The highest BCUT2D eigenvalue weighted by Crippen LogP contribution is 2.20. The minimum Gasteiger partial charge on any atom is -0.544 e. The molecule has 0 aliphatic rings. The lowest BCUT2D eigenvalue weighted by molar-refractivity contribution is -0.305. The number of unbranched alkanes of at least 4 members (excludes halogenated alkanes) is 9. The average molecular weight is 348 g/mol. The Morgan fingerprint density at radius 3 is 1.80 bits per heavy atom. The zero-order chi connectivity index (χ0) is 18.5. The van der Waals surface area contributed by atoms with Gasteiger partial charge in [-0.1, -0.05) is 76.8 Å². The van der Waals surface area contributed by atoms with Crippen molar-refractivity contribution in [2.45, 2.75) is 77.6 Å². The van der Waals surface area contributed by atoms with Crippen LogP contribution in [0.25, 0.3) is 0 Å². The summed E-state index contributed by atoms with van der Waals surface area (Å²) >= 11 is 0. The molecular formula is C22H37NO2. The molecule has 0 N–H and O–H groups in total. The molecule has 1 aromatic rings. The van der Waals surface area contributed by atoms with Gasteiger partial charge in [-0.2, -0.15) is 0 Å². The van der Waals surface area contributed by atoms with Gasteiger partial charge in [0.05, 0.1) is 20.1 Å². The van der Waals surface area contributed by atoms with Crippen molar-refractivity contribution in [1.82, 2.24) is 4.48 Å². The lowest BCUT2D eigenvalue weighted by Crippen LogP contribution is -2.49. The predicted molar refractivity (Wildman–Crippen MR) is 106 cm³/mol. The number of quaternary nitrogens is 1. The number of carbonyl (C=O) groups is 1. The topological polar surface area (TPSA) is 40.1 Å². The van der Waals surface area contributed by atoms with Crippen molar-refractivity contribution in [2.24, 2.45) is 0 Å². The van der Waals surface area contributed by atoms with Crippen molar-refractivity contribution in [3.8, 4) is 0 Å². The first kappa shape index (κ1) is 21.7. The molecule has 0 spiro atoms. The predicted octanol–water partition coefficient (Wildman–Crippen LogP) is 4.47. The number of rotatable bonds is 14. The maximum Gasteiger partial charge on any atom is 0.132 e. The van der Waals surface area contributed by atoms with Gasteiger partial charge < -0.3 is 9.90 Å². The molecular weight excluding hydrogens is 310 g/mol. The molecule has 0 unspecified atom stereocenters. The van der Waals surface area contributed by atoms with Crippen molar-refractivity contribution in [1.29, 1.82) is 0 Å². The van der Waals surface area contributed by atoms with Crippen LogP contribution in [0, 0.1) is 0 Å². The first-order chi connectivity index (χ1) is 12.0. The largest absolute Gasteiger partial charge is 0.544 e. The number of aryl methyl sites for hydroxylation is 1. The molecule has 142 valence electrons. The van der Waals surface area contributed by atoms with Crippen LogP contribution in [0.5, 0.6) is 0 Å². The third kappa shape index (κ3) is 9.64. The van der Waals surface area contributed by atoms with Crippen LogP contribution in [-0.2, 0) is 11.2 Å². The van der Waals surface area contributed by atoms with Gasteiger partial charge in [-0.15, -0.1) is 0 Å². The minimum absolute atomic E-state index is 0.00219. The molecule has 0 heterocycles. The SMILES string of the molecule is CCCCCCCCCCCCc1ccc([N+](C)(C)CC(=O)[O-])cc1. The van der Waals surface area contributed by atoms with Gasteiger partial charge in [0.1, 0.15) is 12.2 Å². The maximum absolute atomic E-state index is 10.8. The van der Waals surface area contributed by atoms with E-state index in [1.54, 1.807) is 0 Å². The second-order valence-electron chi connectivity index (χ2n) is 7.81. The lowest BCUT2D eigenvalue weighted by Gasteiger charge is -2.29. The van der Waals surface area contributed by atoms with E-state index in [4.69, 9.17) is 0 Å². The van der Waals surface area contributed by atoms with Gasteiger partial charge in [-0.25, -0.2) is 0 Å². The van der Waals surface area contributed by atoms with E-state index in [1.807, 2.05) is 14.1 Å². The van der Waals surface area contributed by atoms with Crippen molar-refractivity contribution in [3.05, 3.63) is 29.8 Å². The minimum atomic E-state index is -1.01. The van der Waals surface area contributed by atoms with Crippen LogP contribution in [0.2, 0.25) is 0 Å². The number of likely N-dealkylation sites (N-methyl/N-ethyl adjacent to an activating group) is 1. The molecule has 0 bridgehead atoms. The molecule has 0 aliphatic heterocycles. The highest BCUT2D eigenvalue weighted by atomic mass is 16.4. The molecule has 0 amide bonds. The van der Waals surface area contributed by atoms with Crippen molar-refractivity contribution >= 4 is 11.7 Å². The second kappa shape index (κ2) is 12.1. The van der Waals surface area contributed by atoms with Gasteiger partial charge in [0.15, 0.2) is 0 Å². The van der Waals surface area contributed by atoms with Gasteiger partial charge in [-0.3, -0.25) is 4.48 Å². The van der Waals surface area contributed by atoms with E-state index in [1.165, 1.54) is 69.8 Å². The third-order valence-corrected chi connectivity index (χ3v) is 4.98. The first-order valence-corrected chi connectivity index (χ1v) is 10.1. The van der Waals surface area contributed by atoms with E-state index in [2.05, 4.69) is 31.2 Å². The molecule has 1 rings (SSSR count). The Bertz CT molecular complexity index is 479. The zero-order valence-corrected chi connectivity index (χ0v) is 16.6. The normalized spacial score (nSPS) is 11.6. The summed E-state index contributed by atoms with van der Waals surface area (Å²) in [5.74, 6) is -1.01. The van der Waals surface area contributed by atoms with E-state index in [-0.39, 0.29) is 6.54 Å². The number of carboxylic acids is 1. The monoisotopic (exact) mass is 347 g/mol. The third-order valence-electron chi connectivity index (χ3n) is 4.98. The highest BCUT2D eigenvalue weighted by molar-refractivity contribution is 5.69. The van der Waals surface area contributed by atoms with Gasteiger partial charge >= 0.3 is 0 Å². The summed E-state index contributed by atoms with van der Waals surface area (Å²) in [6.45, 7) is 2.26. The fourth-order valence-electron chi connectivity index (χ4n) is 3.30. The number of carbonyl (C=O) groups excluding carboxylic acids is 1. The standard InChI is InChI=1S/C22H37NO2/c1-4-5-6-7-8-9-10-11-12-13-14-20-15-17-21(18-16-20)23(2,3)19-22(24)25/h15-18H,4-14,19H2,1-3H3. The zero-order valence-electron chi connectivity index (χ0n) is 16.6. The summed E-state index contributed by atoms with van der Waals surface area (Å²) in [7, 11) is 3.79. The second-order valence-corrected chi connectivity index (χ2v) is 7.81. The molecule has 0 saturated carbocycles. The number of carboxylic acid groups (broad SMARTS) is 1. The molecule has 0 fully saturated rings. The van der Waals surface area contributed by atoms with Crippen LogP contribution in [0.1, 0.15) is 76.7 Å². The Morgan fingerprint density at radius 2 is 1.32 bits per heavy atom. The summed E-state index contributed by atoms with van der Waals surface area (Å²) in [5.41, 5.74) is 2.35. The van der Waals surface area contributed by atoms with E-state index < -0.39 is 5.97 Å². The Morgan fingerprint density at radius 1 is 0.840 bits per heavy atom. The van der Waals surface area contributed by atoms with Gasteiger partial charge in [0.25, 0.3) is 0 Å². The summed E-state index contributed by atoms with van der Waals surface area (Å²) in [5, 5.41) is 10.8. The summed E-state index contributed by atoms with van der Waals surface area (Å²) in [6.07, 6.45) is 14.7. The molecule has 0 aliphatic carbocycles. The van der Waals surface area contributed by atoms with Crippen LogP contribution in [0.4, 0.5) is 5.69 Å². The van der Waals surface area contributed by atoms with Crippen LogP contribution in [0.15, 0.2) is 24.3 Å². The Balaban J connectivity index is 2.17. The average Bonchev–Trinajstić information content (AvgIpc) is 2.56. The molecule has 0 radical (unpaired) electrons. The number of aliphatic carboxylic acids is 1. The van der Waals surface area contributed by atoms with E-state index >= 15 is 0 Å².